The minimum Gasteiger partial charge on any atom is -0.340 e. The number of aryl methyl sites for hydroxylation is 1. The van der Waals surface area contributed by atoms with E-state index in [1.165, 1.54) is 18.4 Å². The third-order valence-corrected chi connectivity index (χ3v) is 6.32. The van der Waals surface area contributed by atoms with Gasteiger partial charge >= 0.3 is 0 Å². The Bertz CT molecular complexity index is 1290. The molecule has 6 heteroatoms. The summed E-state index contributed by atoms with van der Waals surface area (Å²) in [5, 5.41) is 4.78. The van der Waals surface area contributed by atoms with Crippen molar-refractivity contribution >= 4 is 22.3 Å². The molecule has 0 aliphatic carbocycles. The highest BCUT2D eigenvalue weighted by Gasteiger charge is 2.18. The molecule has 0 spiro atoms. The SMILES string of the molecule is Cc1ccc(-c2cc3cc[nH]c(=O)c3c(Nc3ccc(C4CCN(C)CC4)cc3)n2)cn1. The number of aromatic amines is 1. The van der Waals surface area contributed by atoms with Crippen LogP contribution in [0, 0.1) is 6.92 Å². The van der Waals surface area contributed by atoms with Crippen LogP contribution in [0.25, 0.3) is 22.0 Å². The van der Waals surface area contributed by atoms with Crippen molar-refractivity contribution in [2.45, 2.75) is 25.7 Å². The summed E-state index contributed by atoms with van der Waals surface area (Å²) < 4.78 is 0. The summed E-state index contributed by atoms with van der Waals surface area (Å²) >= 11 is 0. The minimum absolute atomic E-state index is 0.158. The lowest BCUT2D eigenvalue weighted by Crippen LogP contribution is -2.29. The molecule has 0 radical (unpaired) electrons. The number of nitrogens with one attached hydrogen (secondary N) is 2. The molecule has 162 valence electrons. The maximum absolute atomic E-state index is 12.6. The van der Waals surface area contributed by atoms with Gasteiger partial charge in [-0.3, -0.25) is 9.78 Å². The average Bonchev–Trinajstić information content (AvgIpc) is 2.80. The smallest absolute Gasteiger partial charge is 0.259 e. The lowest BCUT2D eigenvalue weighted by molar-refractivity contribution is 0.255. The van der Waals surface area contributed by atoms with Crippen LogP contribution in [0.3, 0.4) is 0 Å². The molecule has 4 aromatic rings. The number of fused-ring (bicyclic) bond motifs is 1. The summed E-state index contributed by atoms with van der Waals surface area (Å²) in [5.41, 5.74) is 4.78. The van der Waals surface area contributed by atoms with Crippen LogP contribution >= 0.6 is 0 Å². The van der Waals surface area contributed by atoms with Gasteiger partial charge in [0, 0.05) is 29.3 Å². The number of pyridine rings is 3. The number of H-pyrrole nitrogens is 1. The minimum atomic E-state index is -0.158. The Labute approximate surface area is 187 Å². The second-order valence-corrected chi connectivity index (χ2v) is 8.64. The van der Waals surface area contributed by atoms with Crippen molar-refractivity contribution in [3.05, 3.63) is 82.5 Å². The van der Waals surface area contributed by atoms with E-state index in [0.29, 0.717) is 17.1 Å². The van der Waals surface area contributed by atoms with E-state index >= 15 is 0 Å². The van der Waals surface area contributed by atoms with Crippen molar-refractivity contribution in [1.82, 2.24) is 19.9 Å². The predicted molar refractivity (Wildman–Crippen MR) is 130 cm³/mol. The molecule has 1 fully saturated rings. The molecule has 32 heavy (non-hydrogen) atoms. The summed E-state index contributed by atoms with van der Waals surface area (Å²) in [6.07, 6.45) is 5.87. The van der Waals surface area contributed by atoms with E-state index in [2.05, 4.69) is 51.5 Å². The maximum Gasteiger partial charge on any atom is 0.259 e. The van der Waals surface area contributed by atoms with Gasteiger partial charge < -0.3 is 15.2 Å². The Balaban J connectivity index is 1.49. The highest BCUT2D eigenvalue weighted by molar-refractivity contribution is 5.95. The van der Waals surface area contributed by atoms with E-state index < -0.39 is 0 Å². The summed E-state index contributed by atoms with van der Waals surface area (Å²) in [7, 11) is 2.18. The zero-order valence-corrected chi connectivity index (χ0v) is 18.4. The van der Waals surface area contributed by atoms with Crippen molar-refractivity contribution < 1.29 is 0 Å². The first-order valence-corrected chi connectivity index (χ1v) is 11.1. The van der Waals surface area contributed by atoms with Gasteiger partial charge in [-0.15, -0.1) is 0 Å². The molecule has 0 atom stereocenters. The number of rotatable bonds is 4. The Hall–Kier alpha value is -3.51. The van der Waals surface area contributed by atoms with Gasteiger partial charge in [0.1, 0.15) is 5.82 Å². The van der Waals surface area contributed by atoms with E-state index in [-0.39, 0.29) is 5.56 Å². The zero-order valence-electron chi connectivity index (χ0n) is 18.4. The number of piperidine rings is 1. The Morgan fingerprint density at radius 2 is 1.84 bits per heavy atom. The van der Waals surface area contributed by atoms with Crippen molar-refractivity contribution in [2.75, 3.05) is 25.5 Å². The van der Waals surface area contributed by atoms with Crippen LogP contribution in [0.15, 0.2) is 65.7 Å². The van der Waals surface area contributed by atoms with Gasteiger partial charge in [-0.25, -0.2) is 4.98 Å². The number of hydrogen-bond donors (Lipinski definition) is 2. The van der Waals surface area contributed by atoms with Crippen LogP contribution in [-0.2, 0) is 0 Å². The second-order valence-electron chi connectivity index (χ2n) is 8.64. The van der Waals surface area contributed by atoms with Gasteiger partial charge in [-0.1, -0.05) is 12.1 Å². The van der Waals surface area contributed by atoms with Gasteiger partial charge in [0.2, 0.25) is 0 Å². The summed E-state index contributed by atoms with van der Waals surface area (Å²) in [5.74, 6) is 1.16. The molecule has 0 amide bonds. The maximum atomic E-state index is 12.6. The fourth-order valence-corrected chi connectivity index (χ4v) is 4.39. The van der Waals surface area contributed by atoms with E-state index in [1.807, 2.05) is 37.4 Å². The van der Waals surface area contributed by atoms with E-state index in [4.69, 9.17) is 4.98 Å². The lowest BCUT2D eigenvalue weighted by Gasteiger charge is -2.29. The molecule has 0 unspecified atom stereocenters. The second kappa shape index (κ2) is 8.55. The molecule has 3 aromatic heterocycles. The van der Waals surface area contributed by atoms with Crippen LogP contribution in [0.5, 0.6) is 0 Å². The van der Waals surface area contributed by atoms with Gasteiger partial charge in [0.25, 0.3) is 5.56 Å². The Morgan fingerprint density at radius 1 is 1.06 bits per heavy atom. The Morgan fingerprint density at radius 3 is 2.56 bits per heavy atom. The van der Waals surface area contributed by atoms with Crippen LogP contribution in [0.1, 0.15) is 30.0 Å². The third-order valence-electron chi connectivity index (χ3n) is 6.32. The molecule has 1 aliphatic rings. The predicted octanol–water partition coefficient (Wildman–Crippen LogP) is 4.85. The molecule has 0 bridgehead atoms. The highest BCUT2D eigenvalue weighted by atomic mass is 16.1. The molecule has 5 rings (SSSR count). The van der Waals surface area contributed by atoms with E-state index in [0.717, 1.165) is 41.1 Å². The highest BCUT2D eigenvalue weighted by Crippen LogP contribution is 2.30. The summed E-state index contributed by atoms with van der Waals surface area (Å²) in [6, 6.07) is 16.4. The van der Waals surface area contributed by atoms with Crippen LogP contribution in [-0.4, -0.2) is 40.0 Å². The largest absolute Gasteiger partial charge is 0.340 e. The number of hydrogen-bond acceptors (Lipinski definition) is 5. The molecule has 1 aliphatic heterocycles. The number of likely N-dealkylation sites (tertiary alicyclic amines) is 1. The van der Waals surface area contributed by atoms with E-state index in [9.17, 15) is 4.79 Å². The van der Waals surface area contributed by atoms with Crippen LogP contribution in [0.4, 0.5) is 11.5 Å². The summed E-state index contributed by atoms with van der Waals surface area (Å²) in [4.78, 5) is 27.0. The first-order valence-electron chi connectivity index (χ1n) is 11.1. The molecule has 0 saturated carbocycles. The molecular weight excluding hydrogens is 398 g/mol. The van der Waals surface area contributed by atoms with Crippen molar-refractivity contribution in [2.24, 2.45) is 0 Å². The molecule has 1 aromatic carbocycles. The molecule has 2 N–H and O–H groups in total. The lowest BCUT2D eigenvalue weighted by atomic mass is 9.89. The third kappa shape index (κ3) is 4.14. The molecule has 6 nitrogen and oxygen atoms in total. The monoisotopic (exact) mass is 425 g/mol. The van der Waals surface area contributed by atoms with Gasteiger partial charge in [-0.2, -0.15) is 0 Å². The number of benzene rings is 1. The molecule has 1 saturated heterocycles. The first-order chi connectivity index (χ1) is 15.6. The topological polar surface area (TPSA) is 73.9 Å². The van der Waals surface area contributed by atoms with Gasteiger partial charge in [0.15, 0.2) is 0 Å². The first kappa shape index (κ1) is 20.4. The van der Waals surface area contributed by atoms with Gasteiger partial charge in [-0.05, 0) is 93.2 Å². The van der Waals surface area contributed by atoms with Crippen molar-refractivity contribution in [3.63, 3.8) is 0 Å². The summed E-state index contributed by atoms with van der Waals surface area (Å²) in [6.45, 7) is 4.24. The fourth-order valence-electron chi connectivity index (χ4n) is 4.39. The normalized spacial score (nSPS) is 15.2. The fraction of sp³-hybridized carbons (Fsp3) is 0.269. The zero-order chi connectivity index (χ0) is 22.1. The number of nitrogens with zero attached hydrogens (tertiary/aromatic N) is 3. The van der Waals surface area contributed by atoms with Crippen molar-refractivity contribution in [1.29, 1.82) is 0 Å². The van der Waals surface area contributed by atoms with Crippen LogP contribution in [0.2, 0.25) is 0 Å². The van der Waals surface area contributed by atoms with Crippen molar-refractivity contribution in [3.8, 4) is 11.3 Å². The van der Waals surface area contributed by atoms with Gasteiger partial charge in [0.05, 0.1) is 11.1 Å². The molecular formula is C26H27N5O. The standard InChI is InChI=1S/C26H27N5O/c1-17-3-4-21(16-28-17)23-15-20-9-12-27-26(32)24(20)25(30-23)29-22-7-5-18(6-8-22)19-10-13-31(2)14-11-19/h3-9,12,15-16,19H,10-11,13-14H2,1-2H3,(H,27,32)(H,29,30). The Kier molecular flexibility index (Phi) is 5.45. The van der Waals surface area contributed by atoms with E-state index in [1.54, 1.807) is 6.20 Å². The molecule has 4 heterocycles. The van der Waals surface area contributed by atoms with Crippen LogP contribution < -0.4 is 10.9 Å². The quantitative estimate of drug-likeness (QED) is 0.489. The number of aromatic nitrogens is 3. The number of anilines is 2. The average molecular weight is 426 g/mol.